The van der Waals surface area contributed by atoms with Gasteiger partial charge in [0.15, 0.2) is 0 Å². The van der Waals surface area contributed by atoms with Crippen LogP contribution in [0.5, 0.6) is 0 Å². The molecule has 0 unspecified atom stereocenters. The highest BCUT2D eigenvalue weighted by Crippen LogP contribution is 2.22. The Kier molecular flexibility index (Phi) is 6.28. The zero-order chi connectivity index (χ0) is 19.1. The minimum absolute atomic E-state index is 0.189. The molecule has 0 saturated carbocycles. The highest BCUT2D eigenvalue weighted by atomic mass is 32.2. The lowest BCUT2D eigenvalue weighted by atomic mass is 10.1. The van der Waals surface area contributed by atoms with Crippen LogP contribution < -0.4 is 10.6 Å². The van der Waals surface area contributed by atoms with Gasteiger partial charge in [-0.1, -0.05) is 36.4 Å². The average Bonchev–Trinajstić information content (AvgIpc) is 2.73. The largest absolute Gasteiger partial charge is 0.355 e. The number of carbonyl (C=O) groups is 2. The number of anilines is 1. The number of carbonyl (C=O) groups excluding carboxylic acids is 2. The Morgan fingerprint density at radius 3 is 2.26 bits per heavy atom. The second kappa shape index (κ2) is 9.05. The van der Waals surface area contributed by atoms with Gasteiger partial charge in [-0.25, -0.2) is 0 Å². The van der Waals surface area contributed by atoms with E-state index in [1.807, 2.05) is 42.5 Å². The third-order valence-electron chi connectivity index (χ3n) is 3.97. The van der Waals surface area contributed by atoms with E-state index in [9.17, 15) is 9.59 Å². The van der Waals surface area contributed by atoms with Gasteiger partial charge in [-0.3, -0.25) is 9.59 Å². The Hall–Kier alpha value is -3.05. The predicted octanol–water partition coefficient (Wildman–Crippen LogP) is 4.59. The molecule has 3 aromatic rings. The van der Waals surface area contributed by atoms with Crippen LogP contribution in [0.3, 0.4) is 0 Å². The molecule has 2 amide bonds. The lowest BCUT2D eigenvalue weighted by Crippen LogP contribution is -2.18. The third kappa shape index (κ3) is 5.21. The van der Waals surface area contributed by atoms with Crippen molar-refractivity contribution in [3.63, 3.8) is 0 Å². The van der Waals surface area contributed by atoms with Crippen molar-refractivity contribution in [1.29, 1.82) is 0 Å². The number of nitrogens with one attached hydrogen (secondary N) is 2. The summed E-state index contributed by atoms with van der Waals surface area (Å²) in [4.78, 5) is 25.4. The van der Waals surface area contributed by atoms with Crippen LogP contribution in [0.25, 0.3) is 0 Å². The van der Waals surface area contributed by atoms with E-state index in [-0.39, 0.29) is 11.8 Å². The van der Waals surface area contributed by atoms with Gasteiger partial charge in [0.2, 0.25) is 0 Å². The molecule has 0 bridgehead atoms. The maximum atomic E-state index is 12.4. The van der Waals surface area contributed by atoms with E-state index in [2.05, 4.69) is 22.8 Å². The van der Waals surface area contributed by atoms with Crippen molar-refractivity contribution in [2.45, 2.75) is 10.6 Å². The summed E-state index contributed by atoms with van der Waals surface area (Å²) in [5, 5.41) is 5.40. The maximum Gasteiger partial charge on any atom is 0.255 e. The monoisotopic (exact) mass is 376 g/mol. The van der Waals surface area contributed by atoms with Crippen molar-refractivity contribution in [2.24, 2.45) is 0 Å². The topological polar surface area (TPSA) is 58.2 Å². The van der Waals surface area contributed by atoms with Crippen molar-refractivity contribution in [1.82, 2.24) is 5.32 Å². The van der Waals surface area contributed by atoms with Crippen molar-refractivity contribution < 1.29 is 9.59 Å². The summed E-state index contributed by atoms with van der Waals surface area (Å²) in [6.07, 6.45) is 0. The van der Waals surface area contributed by atoms with E-state index in [0.29, 0.717) is 16.8 Å². The van der Waals surface area contributed by atoms with Crippen LogP contribution in [-0.2, 0) is 5.75 Å². The molecule has 0 aliphatic carbocycles. The Balaban J connectivity index is 1.61. The molecule has 0 aromatic heterocycles. The fraction of sp³-hybridized carbons (Fsp3) is 0.0909. The zero-order valence-electron chi connectivity index (χ0n) is 14.9. The molecule has 0 aliphatic rings. The highest BCUT2D eigenvalue weighted by molar-refractivity contribution is 7.98. The normalized spacial score (nSPS) is 10.3. The smallest absolute Gasteiger partial charge is 0.255 e. The minimum Gasteiger partial charge on any atom is -0.355 e. The molecule has 0 aliphatic heterocycles. The van der Waals surface area contributed by atoms with Crippen LogP contribution in [0.1, 0.15) is 26.3 Å². The van der Waals surface area contributed by atoms with Crippen molar-refractivity contribution in [2.75, 3.05) is 12.4 Å². The van der Waals surface area contributed by atoms with Gasteiger partial charge in [-0.2, -0.15) is 0 Å². The van der Waals surface area contributed by atoms with Crippen molar-refractivity contribution >= 4 is 29.3 Å². The van der Waals surface area contributed by atoms with Crippen LogP contribution in [0.4, 0.5) is 5.69 Å². The summed E-state index contributed by atoms with van der Waals surface area (Å²) in [6, 6.07) is 24.6. The number of hydrogen-bond donors (Lipinski definition) is 2. The molecular weight excluding hydrogens is 356 g/mol. The maximum absolute atomic E-state index is 12.4. The van der Waals surface area contributed by atoms with Crippen LogP contribution in [-0.4, -0.2) is 18.9 Å². The van der Waals surface area contributed by atoms with E-state index in [1.54, 1.807) is 43.1 Å². The van der Waals surface area contributed by atoms with Gasteiger partial charge < -0.3 is 10.6 Å². The molecule has 0 fully saturated rings. The van der Waals surface area contributed by atoms with Gasteiger partial charge in [0, 0.05) is 34.5 Å². The first-order chi connectivity index (χ1) is 13.2. The van der Waals surface area contributed by atoms with E-state index in [4.69, 9.17) is 0 Å². The van der Waals surface area contributed by atoms with E-state index >= 15 is 0 Å². The van der Waals surface area contributed by atoms with Crippen molar-refractivity contribution in [3.05, 3.63) is 95.6 Å². The molecule has 0 heterocycles. The second-order valence-electron chi connectivity index (χ2n) is 5.91. The van der Waals surface area contributed by atoms with Crippen LogP contribution >= 0.6 is 11.8 Å². The zero-order valence-corrected chi connectivity index (χ0v) is 15.8. The van der Waals surface area contributed by atoms with Crippen molar-refractivity contribution in [3.8, 4) is 0 Å². The van der Waals surface area contributed by atoms with E-state index in [1.165, 1.54) is 4.90 Å². The van der Waals surface area contributed by atoms with Crippen LogP contribution in [0.15, 0.2) is 83.8 Å². The standard InChI is InChI=1S/C22H20N2O2S/c1-23-21(25)18-6-5-7-19(14-18)24-22(26)17-12-10-16(11-13-17)15-27-20-8-3-2-4-9-20/h2-14H,15H2,1H3,(H,23,25)(H,24,26). The number of amides is 2. The minimum atomic E-state index is -0.202. The van der Waals surface area contributed by atoms with Gasteiger partial charge in [-0.05, 0) is 48.0 Å². The molecular formula is C22H20N2O2S. The fourth-order valence-corrected chi connectivity index (χ4v) is 3.40. The van der Waals surface area contributed by atoms with E-state index in [0.717, 1.165) is 11.3 Å². The SMILES string of the molecule is CNC(=O)c1cccc(NC(=O)c2ccc(CSc3ccccc3)cc2)c1. The van der Waals surface area contributed by atoms with E-state index < -0.39 is 0 Å². The molecule has 27 heavy (non-hydrogen) atoms. The van der Waals surface area contributed by atoms with Gasteiger partial charge in [-0.15, -0.1) is 11.8 Å². The first-order valence-electron chi connectivity index (χ1n) is 8.56. The molecule has 5 heteroatoms. The average molecular weight is 376 g/mol. The highest BCUT2D eigenvalue weighted by Gasteiger charge is 2.08. The first kappa shape index (κ1) is 18.7. The van der Waals surface area contributed by atoms with Crippen LogP contribution in [0.2, 0.25) is 0 Å². The molecule has 0 atom stereocenters. The number of rotatable bonds is 6. The molecule has 0 spiro atoms. The van der Waals surface area contributed by atoms with Crippen LogP contribution in [0, 0.1) is 0 Å². The second-order valence-corrected chi connectivity index (χ2v) is 6.96. The summed E-state index contributed by atoms with van der Waals surface area (Å²) in [5.74, 6) is 0.456. The number of benzene rings is 3. The lowest BCUT2D eigenvalue weighted by molar-refractivity contribution is 0.0961. The summed E-state index contributed by atoms with van der Waals surface area (Å²) in [6.45, 7) is 0. The molecule has 3 aromatic carbocycles. The predicted molar refractivity (Wildman–Crippen MR) is 110 cm³/mol. The molecule has 4 nitrogen and oxygen atoms in total. The summed E-state index contributed by atoms with van der Waals surface area (Å²) < 4.78 is 0. The molecule has 136 valence electrons. The van der Waals surface area contributed by atoms with Gasteiger partial charge >= 0.3 is 0 Å². The first-order valence-corrected chi connectivity index (χ1v) is 9.54. The Bertz CT molecular complexity index is 925. The summed E-state index contributed by atoms with van der Waals surface area (Å²) >= 11 is 1.76. The van der Waals surface area contributed by atoms with Gasteiger partial charge in [0.1, 0.15) is 0 Å². The third-order valence-corrected chi connectivity index (χ3v) is 5.06. The summed E-state index contributed by atoms with van der Waals surface area (Å²) in [7, 11) is 1.57. The van der Waals surface area contributed by atoms with Gasteiger partial charge in [0.25, 0.3) is 11.8 Å². The fourth-order valence-electron chi connectivity index (χ4n) is 2.52. The molecule has 2 N–H and O–H groups in total. The number of hydrogen-bond acceptors (Lipinski definition) is 3. The molecule has 0 saturated heterocycles. The Labute approximate surface area is 163 Å². The van der Waals surface area contributed by atoms with Gasteiger partial charge in [0.05, 0.1) is 0 Å². The Morgan fingerprint density at radius 1 is 0.815 bits per heavy atom. The number of thioether (sulfide) groups is 1. The Morgan fingerprint density at radius 2 is 1.56 bits per heavy atom. The summed E-state index contributed by atoms with van der Waals surface area (Å²) in [5.41, 5.74) is 2.82. The lowest BCUT2D eigenvalue weighted by Gasteiger charge is -2.08. The molecule has 0 radical (unpaired) electrons. The quantitative estimate of drug-likeness (QED) is 0.619. The molecule has 3 rings (SSSR count).